The lowest BCUT2D eigenvalue weighted by Crippen LogP contribution is -2.25. The van der Waals surface area contributed by atoms with Gasteiger partial charge >= 0.3 is 0 Å². The van der Waals surface area contributed by atoms with Crippen molar-refractivity contribution in [1.29, 1.82) is 0 Å². The first-order valence-corrected chi connectivity index (χ1v) is 9.51. The molecule has 1 N–H and O–H groups in total. The molecule has 0 amide bonds. The van der Waals surface area contributed by atoms with Crippen molar-refractivity contribution in [3.05, 3.63) is 47.5 Å². The topological polar surface area (TPSA) is 73.9 Å². The zero-order chi connectivity index (χ0) is 17.9. The van der Waals surface area contributed by atoms with Gasteiger partial charge in [-0.15, -0.1) is 0 Å². The first-order chi connectivity index (χ1) is 12.0. The molecule has 0 bridgehead atoms. The lowest BCUT2D eigenvalue weighted by atomic mass is 10.1. The average molecular weight is 363 g/mol. The summed E-state index contributed by atoms with van der Waals surface area (Å²) in [7, 11) is -2.15. The SMILES string of the molecule is COc1ccc(C)cc1S(=O)(=O)NCCCc1ccc2c(c1)OCO2. The summed E-state index contributed by atoms with van der Waals surface area (Å²) < 4.78 is 43.4. The summed E-state index contributed by atoms with van der Waals surface area (Å²) in [6.07, 6.45) is 1.41. The van der Waals surface area contributed by atoms with Crippen LogP contribution in [0.25, 0.3) is 0 Å². The van der Waals surface area contributed by atoms with Crippen molar-refractivity contribution in [2.75, 3.05) is 20.4 Å². The first-order valence-electron chi connectivity index (χ1n) is 8.02. The van der Waals surface area contributed by atoms with Crippen LogP contribution in [-0.4, -0.2) is 28.9 Å². The van der Waals surface area contributed by atoms with E-state index in [1.165, 1.54) is 7.11 Å². The molecule has 0 aliphatic carbocycles. The van der Waals surface area contributed by atoms with Gasteiger partial charge in [-0.3, -0.25) is 0 Å². The van der Waals surface area contributed by atoms with Crippen molar-refractivity contribution >= 4 is 10.0 Å². The van der Waals surface area contributed by atoms with Crippen LogP contribution in [0, 0.1) is 6.92 Å². The molecule has 25 heavy (non-hydrogen) atoms. The molecule has 134 valence electrons. The third kappa shape index (κ3) is 4.05. The van der Waals surface area contributed by atoms with Gasteiger partial charge in [0.2, 0.25) is 16.8 Å². The van der Waals surface area contributed by atoms with Gasteiger partial charge in [0.15, 0.2) is 11.5 Å². The highest BCUT2D eigenvalue weighted by Gasteiger charge is 2.19. The summed E-state index contributed by atoms with van der Waals surface area (Å²) in [5.74, 6) is 1.83. The molecule has 1 aliphatic heterocycles. The summed E-state index contributed by atoms with van der Waals surface area (Å²) in [5.41, 5.74) is 1.94. The molecule has 0 atom stereocenters. The molecule has 1 heterocycles. The second-order valence-electron chi connectivity index (χ2n) is 5.84. The number of methoxy groups -OCH3 is 1. The molecule has 0 saturated heterocycles. The predicted octanol–water partition coefficient (Wildman–Crippen LogP) is 2.64. The number of nitrogens with one attached hydrogen (secondary N) is 1. The van der Waals surface area contributed by atoms with Gasteiger partial charge in [0.05, 0.1) is 7.11 Å². The molecule has 0 spiro atoms. The van der Waals surface area contributed by atoms with E-state index in [2.05, 4.69) is 4.72 Å². The zero-order valence-electron chi connectivity index (χ0n) is 14.2. The second kappa shape index (κ2) is 7.33. The van der Waals surface area contributed by atoms with Crippen LogP contribution in [0.15, 0.2) is 41.3 Å². The number of benzene rings is 2. The van der Waals surface area contributed by atoms with Crippen molar-refractivity contribution in [2.24, 2.45) is 0 Å². The van der Waals surface area contributed by atoms with Crippen molar-refractivity contribution in [3.63, 3.8) is 0 Å². The van der Waals surface area contributed by atoms with Crippen LogP contribution in [0.3, 0.4) is 0 Å². The maximum Gasteiger partial charge on any atom is 0.244 e. The van der Waals surface area contributed by atoms with Crippen molar-refractivity contribution < 1.29 is 22.6 Å². The highest BCUT2D eigenvalue weighted by atomic mass is 32.2. The van der Waals surface area contributed by atoms with Gasteiger partial charge in [-0.05, 0) is 55.2 Å². The monoisotopic (exact) mass is 363 g/mol. The molecule has 2 aromatic rings. The number of rotatable bonds is 7. The van der Waals surface area contributed by atoms with Gasteiger partial charge in [-0.2, -0.15) is 0 Å². The van der Waals surface area contributed by atoms with Crippen LogP contribution in [0.5, 0.6) is 17.2 Å². The molecule has 0 aromatic heterocycles. The number of aryl methyl sites for hydroxylation is 2. The molecular weight excluding hydrogens is 342 g/mol. The van der Waals surface area contributed by atoms with Crippen LogP contribution in [0.2, 0.25) is 0 Å². The van der Waals surface area contributed by atoms with E-state index >= 15 is 0 Å². The van der Waals surface area contributed by atoms with E-state index in [1.54, 1.807) is 12.1 Å². The van der Waals surface area contributed by atoms with Crippen LogP contribution < -0.4 is 18.9 Å². The average Bonchev–Trinajstić information content (AvgIpc) is 3.06. The van der Waals surface area contributed by atoms with E-state index in [1.807, 2.05) is 31.2 Å². The van der Waals surface area contributed by atoms with E-state index in [-0.39, 0.29) is 11.7 Å². The van der Waals surface area contributed by atoms with Crippen LogP contribution in [-0.2, 0) is 16.4 Å². The Morgan fingerprint density at radius 2 is 1.92 bits per heavy atom. The molecule has 2 aromatic carbocycles. The highest BCUT2D eigenvalue weighted by Crippen LogP contribution is 2.32. The van der Waals surface area contributed by atoms with E-state index in [9.17, 15) is 8.42 Å². The minimum atomic E-state index is -3.61. The molecule has 0 saturated carbocycles. The number of ether oxygens (including phenoxy) is 3. The van der Waals surface area contributed by atoms with Gasteiger partial charge in [0, 0.05) is 6.54 Å². The maximum absolute atomic E-state index is 12.5. The van der Waals surface area contributed by atoms with Crippen molar-refractivity contribution in [1.82, 2.24) is 4.72 Å². The molecule has 0 fully saturated rings. The Balaban J connectivity index is 1.59. The second-order valence-corrected chi connectivity index (χ2v) is 7.58. The largest absolute Gasteiger partial charge is 0.495 e. The molecule has 3 rings (SSSR count). The standard InChI is InChI=1S/C18H21NO5S/c1-13-5-7-16(22-2)18(10-13)25(20,21)19-9-3-4-14-6-8-15-17(11-14)24-12-23-15/h5-8,10-11,19H,3-4,9,12H2,1-2H3. The molecule has 1 aliphatic rings. The molecule has 7 heteroatoms. The maximum atomic E-state index is 12.5. The minimum Gasteiger partial charge on any atom is -0.495 e. The predicted molar refractivity (Wildman–Crippen MR) is 93.8 cm³/mol. The first kappa shape index (κ1) is 17.6. The van der Waals surface area contributed by atoms with Crippen LogP contribution >= 0.6 is 0 Å². The summed E-state index contributed by atoms with van der Waals surface area (Å²) in [4.78, 5) is 0.165. The quantitative estimate of drug-likeness (QED) is 0.766. The summed E-state index contributed by atoms with van der Waals surface area (Å²) in [6.45, 7) is 2.43. The number of fused-ring (bicyclic) bond motifs is 1. The number of hydrogen-bond donors (Lipinski definition) is 1. The van der Waals surface area contributed by atoms with Crippen LogP contribution in [0.4, 0.5) is 0 Å². The van der Waals surface area contributed by atoms with Gasteiger partial charge in [0.25, 0.3) is 0 Å². The van der Waals surface area contributed by atoms with Crippen LogP contribution in [0.1, 0.15) is 17.5 Å². The van der Waals surface area contributed by atoms with E-state index < -0.39 is 10.0 Å². The lowest BCUT2D eigenvalue weighted by molar-refractivity contribution is 0.174. The Kier molecular flexibility index (Phi) is 5.15. The third-order valence-electron chi connectivity index (χ3n) is 3.98. The Hall–Kier alpha value is -2.25. The Bertz CT molecular complexity index is 864. The fourth-order valence-electron chi connectivity index (χ4n) is 2.67. The van der Waals surface area contributed by atoms with Crippen molar-refractivity contribution in [3.8, 4) is 17.2 Å². The zero-order valence-corrected chi connectivity index (χ0v) is 15.1. The third-order valence-corrected chi connectivity index (χ3v) is 5.46. The molecular formula is C18H21NO5S. The van der Waals surface area contributed by atoms with Gasteiger partial charge < -0.3 is 14.2 Å². The Morgan fingerprint density at radius 3 is 2.72 bits per heavy atom. The minimum absolute atomic E-state index is 0.165. The van der Waals surface area contributed by atoms with Gasteiger partial charge in [0.1, 0.15) is 10.6 Å². The van der Waals surface area contributed by atoms with Gasteiger partial charge in [-0.25, -0.2) is 13.1 Å². The molecule has 6 nitrogen and oxygen atoms in total. The Labute approximate surface area is 147 Å². The normalized spacial score (nSPS) is 13.0. The fraction of sp³-hybridized carbons (Fsp3) is 0.333. The van der Waals surface area contributed by atoms with E-state index in [0.29, 0.717) is 18.7 Å². The summed E-state index contributed by atoms with van der Waals surface area (Å²) in [5, 5.41) is 0. The highest BCUT2D eigenvalue weighted by molar-refractivity contribution is 7.89. The lowest BCUT2D eigenvalue weighted by Gasteiger charge is -2.11. The molecule has 0 radical (unpaired) electrons. The Morgan fingerprint density at radius 1 is 1.12 bits per heavy atom. The smallest absolute Gasteiger partial charge is 0.244 e. The summed E-state index contributed by atoms with van der Waals surface area (Å²) in [6, 6.07) is 10.9. The number of sulfonamides is 1. The summed E-state index contributed by atoms with van der Waals surface area (Å²) >= 11 is 0. The van der Waals surface area contributed by atoms with Gasteiger partial charge in [-0.1, -0.05) is 12.1 Å². The van der Waals surface area contributed by atoms with E-state index in [4.69, 9.17) is 14.2 Å². The van der Waals surface area contributed by atoms with Crippen molar-refractivity contribution in [2.45, 2.75) is 24.7 Å². The number of hydrogen-bond acceptors (Lipinski definition) is 5. The fourth-order valence-corrected chi connectivity index (χ4v) is 3.99. The van der Waals surface area contributed by atoms with E-state index in [0.717, 1.165) is 29.0 Å². The molecule has 0 unspecified atom stereocenters.